The van der Waals surface area contributed by atoms with E-state index in [0.29, 0.717) is 31.7 Å². The minimum atomic E-state index is -3.75. The molecule has 0 aromatic heterocycles. The molecule has 2 aromatic rings. The molecule has 9 heteroatoms. The third-order valence-electron chi connectivity index (χ3n) is 5.70. The number of ether oxygens (including phenoxy) is 1. The highest BCUT2D eigenvalue weighted by molar-refractivity contribution is 9.10. The van der Waals surface area contributed by atoms with Crippen LogP contribution in [0.15, 0.2) is 45.8 Å². The minimum absolute atomic E-state index is 0.0104. The van der Waals surface area contributed by atoms with Crippen molar-refractivity contribution in [3.05, 3.63) is 51.5 Å². The van der Waals surface area contributed by atoms with Gasteiger partial charge in [-0.3, -0.25) is 4.79 Å². The van der Waals surface area contributed by atoms with Crippen LogP contribution in [0.25, 0.3) is 0 Å². The van der Waals surface area contributed by atoms with Gasteiger partial charge in [0.15, 0.2) is 0 Å². The molecular formula is C21H22BrClN2O4S. The number of nitrogens with zero attached hydrogens (tertiary/aromatic N) is 2. The first-order valence-electron chi connectivity index (χ1n) is 9.75. The van der Waals surface area contributed by atoms with Gasteiger partial charge in [-0.05, 0) is 61.2 Å². The third-order valence-corrected chi connectivity index (χ3v) is 8.35. The van der Waals surface area contributed by atoms with Gasteiger partial charge < -0.3 is 9.64 Å². The van der Waals surface area contributed by atoms with Gasteiger partial charge in [-0.25, -0.2) is 8.42 Å². The maximum atomic E-state index is 13.2. The molecule has 1 atom stereocenters. The minimum Gasteiger partial charge on any atom is -0.495 e. The van der Waals surface area contributed by atoms with Crippen LogP contribution in [-0.2, 0) is 21.2 Å². The fraction of sp³-hybridized carbons (Fsp3) is 0.381. The van der Waals surface area contributed by atoms with Gasteiger partial charge in [0.25, 0.3) is 0 Å². The summed E-state index contributed by atoms with van der Waals surface area (Å²) in [6.45, 7) is 1.19. The molecule has 2 aliphatic heterocycles. The molecule has 0 aliphatic carbocycles. The van der Waals surface area contributed by atoms with Crippen LogP contribution >= 0.6 is 27.5 Å². The molecule has 30 heavy (non-hydrogen) atoms. The number of hydrogen-bond donors (Lipinski definition) is 0. The second-order valence-corrected chi connectivity index (χ2v) is 10.8. The average molecular weight is 514 g/mol. The zero-order chi connectivity index (χ0) is 21.5. The summed E-state index contributed by atoms with van der Waals surface area (Å²) in [6, 6.07) is 10.3. The van der Waals surface area contributed by atoms with Gasteiger partial charge in [-0.15, -0.1) is 0 Å². The zero-order valence-electron chi connectivity index (χ0n) is 16.5. The number of anilines is 1. The summed E-state index contributed by atoms with van der Waals surface area (Å²) >= 11 is 9.60. The first-order chi connectivity index (χ1) is 14.3. The Hall–Kier alpha value is -1.61. The second kappa shape index (κ2) is 8.49. The number of carbonyl (C=O) groups is 1. The van der Waals surface area contributed by atoms with Gasteiger partial charge in [-0.1, -0.05) is 27.5 Å². The number of carbonyl (C=O) groups excluding carboxylic acids is 1. The van der Waals surface area contributed by atoms with Crippen molar-refractivity contribution in [1.29, 1.82) is 0 Å². The quantitative estimate of drug-likeness (QED) is 0.617. The fourth-order valence-electron chi connectivity index (χ4n) is 4.14. The van der Waals surface area contributed by atoms with Crippen LogP contribution in [-0.4, -0.2) is 45.4 Å². The summed E-state index contributed by atoms with van der Waals surface area (Å²) in [7, 11) is -2.27. The van der Waals surface area contributed by atoms with Gasteiger partial charge in [0.2, 0.25) is 15.9 Å². The zero-order valence-corrected chi connectivity index (χ0v) is 19.6. The summed E-state index contributed by atoms with van der Waals surface area (Å²) in [5.41, 5.74) is 2.05. The van der Waals surface area contributed by atoms with E-state index in [0.717, 1.165) is 22.1 Å². The third kappa shape index (κ3) is 3.98. The second-order valence-electron chi connectivity index (χ2n) is 7.51. The van der Waals surface area contributed by atoms with Gasteiger partial charge >= 0.3 is 0 Å². The predicted octanol–water partition coefficient (Wildman–Crippen LogP) is 4.10. The van der Waals surface area contributed by atoms with E-state index in [1.165, 1.54) is 23.5 Å². The number of amides is 1. The van der Waals surface area contributed by atoms with Crippen LogP contribution in [0, 0.1) is 5.92 Å². The monoisotopic (exact) mass is 512 g/mol. The standard InChI is InChI=1S/C21H22BrClN2O4S/c1-29-20-7-5-17(12-18(20)23)30(27,28)24-9-2-3-15(13-24)21(26)25-10-8-14-11-16(22)4-6-19(14)25/h4-7,11-12,15H,2-3,8-10,13H2,1H3/t15-/m0/s1. The molecule has 0 saturated carbocycles. The Kier molecular flexibility index (Phi) is 6.12. The SMILES string of the molecule is COc1ccc(S(=O)(=O)N2CCC[C@H](C(=O)N3CCc4cc(Br)ccc43)C2)cc1Cl. The van der Waals surface area contributed by atoms with Crippen LogP contribution < -0.4 is 9.64 Å². The number of hydrogen-bond acceptors (Lipinski definition) is 4. The Labute approximate surface area is 189 Å². The molecule has 0 radical (unpaired) electrons. The molecule has 160 valence electrons. The summed E-state index contributed by atoms with van der Waals surface area (Å²) in [6.07, 6.45) is 2.12. The lowest BCUT2D eigenvalue weighted by Gasteiger charge is -2.33. The summed E-state index contributed by atoms with van der Waals surface area (Å²) in [5, 5.41) is 0.239. The van der Waals surface area contributed by atoms with Gasteiger partial charge in [0.05, 0.1) is 22.9 Å². The van der Waals surface area contributed by atoms with Crippen molar-refractivity contribution in [3.8, 4) is 5.75 Å². The van der Waals surface area contributed by atoms with Crippen LogP contribution in [0.2, 0.25) is 5.02 Å². The van der Waals surface area contributed by atoms with Gasteiger partial charge in [0.1, 0.15) is 5.75 Å². The van der Waals surface area contributed by atoms with Crippen molar-refractivity contribution in [2.75, 3.05) is 31.6 Å². The summed E-state index contributed by atoms with van der Waals surface area (Å²) in [4.78, 5) is 15.2. The first-order valence-corrected chi connectivity index (χ1v) is 12.4. The molecule has 1 saturated heterocycles. The average Bonchev–Trinajstić information content (AvgIpc) is 3.16. The number of piperidine rings is 1. The molecule has 0 bridgehead atoms. The number of sulfonamides is 1. The van der Waals surface area contributed by atoms with E-state index in [9.17, 15) is 13.2 Å². The van der Waals surface area contributed by atoms with Crippen molar-refractivity contribution in [2.24, 2.45) is 5.92 Å². The topological polar surface area (TPSA) is 66.9 Å². The normalized spacial score (nSPS) is 19.6. The molecular weight excluding hydrogens is 492 g/mol. The van der Waals surface area contributed by atoms with Crippen molar-refractivity contribution in [3.63, 3.8) is 0 Å². The maximum Gasteiger partial charge on any atom is 0.243 e. The van der Waals surface area contributed by atoms with E-state index in [1.807, 2.05) is 18.2 Å². The Bertz CT molecular complexity index is 1090. The number of rotatable bonds is 4. The van der Waals surface area contributed by atoms with Gasteiger partial charge in [-0.2, -0.15) is 4.31 Å². The van der Waals surface area contributed by atoms with Crippen LogP contribution in [0.4, 0.5) is 5.69 Å². The van der Waals surface area contributed by atoms with Crippen LogP contribution in [0.1, 0.15) is 18.4 Å². The Morgan fingerprint density at radius 1 is 1.20 bits per heavy atom. The number of benzene rings is 2. The highest BCUT2D eigenvalue weighted by Crippen LogP contribution is 2.34. The smallest absolute Gasteiger partial charge is 0.243 e. The molecule has 1 amide bonds. The Morgan fingerprint density at radius 2 is 2.00 bits per heavy atom. The lowest BCUT2D eigenvalue weighted by atomic mass is 9.98. The largest absolute Gasteiger partial charge is 0.495 e. The van der Waals surface area contributed by atoms with E-state index >= 15 is 0 Å². The molecule has 1 fully saturated rings. The fourth-order valence-corrected chi connectivity index (χ4v) is 6.42. The van der Waals surface area contributed by atoms with Crippen molar-refractivity contribution < 1.29 is 17.9 Å². The maximum absolute atomic E-state index is 13.2. The van der Waals surface area contributed by atoms with Gasteiger partial charge in [0, 0.05) is 29.8 Å². The molecule has 6 nitrogen and oxygen atoms in total. The van der Waals surface area contributed by atoms with Crippen molar-refractivity contribution in [1.82, 2.24) is 4.31 Å². The van der Waals surface area contributed by atoms with E-state index in [2.05, 4.69) is 15.9 Å². The molecule has 2 aromatic carbocycles. The molecule has 0 unspecified atom stereocenters. The van der Waals surface area contributed by atoms with Crippen LogP contribution in [0.3, 0.4) is 0 Å². The molecule has 2 aliphatic rings. The first kappa shape index (κ1) is 21.6. The van der Waals surface area contributed by atoms with E-state index in [-0.39, 0.29) is 28.3 Å². The molecule has 0 spiro atoms. The molecule has 0 N–H and O–H groups in total. The number of fused-ring (bicyclic) bond motifs is 1. The Morgan fingerprint density at radius 3 is 2.73 bits per heavy atom. The molecule has 4 rings (SSSR count). The lowest BCUT2D eigenvalue weighted by molar-refractivity contribution is -0.123. The summed E-state index contributed by atoms with van der Waals surface area (Å²) < 4.78 is 33.8. The van der Waals surface area contributed by atoms with Crippen molar-refractivity contribution >= 4 is 49.1 Å². The van der Waals surface area contributed by atoms with E-state index in [4.69, 9.17) is 16.3 Å². The van der Waals surface area contributed by atoms with E-state index < -0.39 is 10.0 Å². The molecule has 2 heterocycles. The summed E-state index contributed by atoms with van der Waals surface area (Å²) in [5.74, 6) is 0.0437. The number of methoxy groups -OCH3 is 1. The van der Waals surface area contributed by atoms with Crippen LogP contribution in [0.5, 0.6) is 5.75 Å². The Balaban J connectivity index is 1.54. The van der Waals surface area contributed by atoms with E-state index in [1.54, 1.807) is 11.0 Å². The van der Waals surface area contributed by atoms with Crippen molar-refractivity contribution in [2.45, 2.75) is 24.2 Å². The highest BCUT2D eigenvalue weighted by Gasteiger charge is 2.37. The predicted molar refractivity (Wildman–Crippen MR) is 120 cm³/mol. The lowest BCUT2D eigenvalue weighted by Crippen LogP contribution is -2.46. The number of halogens is 2. The highest BCUT2D eigenvalue weighted by atomic mass is 79.9.